The van der Waals surface area contributed by atoms with E-state index in [1.807, 2.05) is 0 Å². The van der Waals surface area contributed by atoms with Crippen LogP contribution in [0, 0.1) is 0 Å². The van der Waals surface area contributed by atoms with Gasteiger partial charge in [0.15, 0.2) is 6.10 Å². The summed E-state index contributed by atoms with van der Waals surface area (Å²) in [5.41, 5.74) is 0. The molecule has 0 heterocycles. The van der Waals surface area contributed by atoms with Gasteiger partial charge in [-0.15, -0.1) is 0 Å². The minimum Gasteiger partial charge on any atom is -0.462 e. The van der Waals surface area contributed by atoms with Crippen LogP contribution in [0.1, 0.15) is 400 Å². The van der Waals surface area contributed by atoms with Crippen LogP contribution in [0.15, 0.2) is 48.6 Å². The van der Waals surface area contributed by atoms with Gasteiger partial charge in [-0.3, -0.25) is 14.4 Å². The molecule has 1 unspecified atom stereocenters. The van der Waals surface area contributed by atoms with Gasteiger partial charge in [-0.25, -0.2) is 0 Å². The monoisotopic (exact) mass is 1150 g/mol. The molecule has 0 aliphatic rings. The Morgan fingerprint density at radius 1 is 0.244 bits per heavy atom. The van der Waals surface area contributed by atoms with Crippen LogP contribution in [0.4, 0.5) is 0 Å². The maximum atomic E-state index is 12.9. The predicted molar refractivity (Wildman–Crippen MR) is 358 cm³/mol. The summed E-state index contributed by atoms with van der Waals surface area (Å²) in [7, 11) is 0. The van der Waals surface area contributed by atoms with Crippen molar-refractivity contribution in [3.63, 3.8) is 0 Å². The Bertz CT molecular complexity index is 1410. The lowest BCUT2D eigenvalue weighted by Gasteiger charge is -2.18. The number of carbonyl (C=O) groups is 3. The van der Waals surface area contributed by atoms with Crippen molar-refractivity contribution in [2.45, 2.75) is 406 Å². The van der Waals surface area contributed by atoms with Crippen molar-refractivity contribution in [1.82, 2.24) is 0 Å². The average Bonchev–Trinajstić information content (AvgIpc) is 3.47. The maximum Gasteiger partial charge on any atom is 0.306 e. The minimum absolute atomic E-state index is 0.0705. The molecule has 0 aromatic carbocycles. The molecule has 82 heavy (non-hydrogen) atoms. The van der Waals surface area contributed by atoms with E-state index < -0.39 is 6.10 Å². The summed E-state index contributed by atoms with van der Waals surface area (Å²) in [6.45, 7) is 6.66. The number of allylic oxidation sites excluding steroid dienone is 8. The summed E-state index contributed by atoms with van der Waals surface area (Å²) in [5.74, 6) is -0.852. The Hall–Kier alpha value is -2.63. The fourth-order valence-corrected chi connectivity index (χ4v) is 11.0. The SMILES string of the molecule is CCCCC/C=C\C/C=C\CCCCCCCCCC(=O)OC(COC(=O)CCCCCCCCCCCCCC)COC(=O)CCCCCCCCCCCCCCCCCCCCCCCCC/C=C\C/C=C\CCCCCCC. The Balaban J connectivity index is 4.06. The third-order valence-electron chi connectivity index (χ3n) is 16.6. The summed E-state index contributed by atoms with van der Waals surface area (Å²) < 4.78 is 17.0. The molecule has 6 nitrogen and oxygen atoms in total. The number of carbonyl (C=O) groups excluding carboxylic acids is 3. The first-order valence-electron chi connectivity index (χ1n) is 36.6. The second-order valence-electron chi connectivity index (χ2n) is 24.9. The van der Waals surface area contributed by atoms with Gasteiger partial charge in [0, 0.05) is 19.3 Å². The van der Waals surface area contributed by atoms with E-state index in [2.05, 4.69) is 69.4 Å². The van der Waals surface area contributed by atoms with Gasteiger partial charge in [-0.05, 0) is 83.5 Å². The van der Waals surface area contributed by atoms with Crippen LogP contribution >= 0.6 is 0 Å². The topological polar surface area (TPSA) is 78.9 Å². The zero-order chi connectivity index (χ0) is 59.2. The first-order valence-corrected chi connectivity index (χ1v) is 36.6. The van der Waals surface area contributed by atoms with Crippen molar-refractivity contribution in [3.8, 4) is 0 Å². The van der Waals surface area contributed by atoms with Crippen LogP contribution < -0.4 is 0 Å². The molecule has 0 aliphatic carbocycles. The lowest BCUT2D eigenvalue weighted by atomic mass is 10.0. The van der Waals surface area contributed by atoms with Gasteiger partial charge >= 0.3 is 17.9 Å². The van der Waals surface area contributed by atoms with Gasteiger partial charge in [0.1, 0.15) is 13.2 Å². The second-order valence-corrected chi connectivity index (χ2v) is 24.9. The quantitative estimate of drug-likeness (QED) is 0.0261. The fourth-order valence-electron chi connectivity index (χ4n) is 11.0. The molecule has 0 aromatic rings. The summed E-state index contributed by atoms with van der Waals surface area (Å²) in [4.78, 5) is 38.4. The summed E-state index contributed by atoms with van der Waals surface area (Å²) >= 11 is 0. The molecule has 6 heteroatoms. The van der Waals surface area contributed by atoms with Crippen molar-refractivity contribution < 1.29 is 28.6 Å². The number of esters is 3. The number of unbranched alkanes of at least 4 members (excludes halogenated alkanes) is 49. The van der Waals surface area contributed by atoms with Crippen LogP contribution in [0.25, 0.3) is 0 Å². The highest BCUT2D eigenvalue weighted by atomic mass is 16.6. The highest BCUT2D eigenvalue weighted by Crippen LogP contribution is 2.19. The molecular formula is C76H140O6. The molecule has 0 aromatic heterocycles. The van der Waals surface area contributed by atoms with E-state index in [0.717, 1.165) is 77.0 Å². The Morgan fingerprint density at radius 3 is 0.695 bits per heavy atom. The average molecular weight is 1150 g/mol. The van der Waals surface area contributed by atoms with Crippen LogP contribution in [0.2, 0.25) is 0 Å². The minimum atomic E-state index is -0.774. The number of hydrogen-bond donors (Lipinski definition) is 0. The van der Waals surface area contributed by atoms with Crippen LogP contribution in [-0.2, 0) is 28.6 Å². The van der Waals surface area contributed by atoms with E-state index in [-0.39, 0.29) is 31.1 Å². The van der Waals surface area contributed by atoms with Crippen molar-refractivity contribution in [2.75, 3.05) is 13.2 Å². The standard InChI is InChI=1S/C76H140O6/c1-4-7-10-13-16-19-22-25-27-29-30-31-32-33-34-35-36-37-38-39-40-41-42-43-44-45-46-48-49-51-54-57-60-63-66-69-75(78)81-72-73(71-80-74(77)68-65-62-59-56-53-24-21-18-15-12-9-6-3)82-76(79)70-67-64-61-58-55-52-50-47-28-26-23-20-17-14-11-8-5-2/h17,20,22,25-26,28-30,73H,4-16,18-19,21,23-24,27,31-72H2,1-3H3/b20-17-,25-22-,28-26-,30-29-. The number of rotatable bonds is 68. The Morgan fingerprint density at radius 2 is 0.439 bits per heavy atom. The van der Waals surface area contributed by atoms with Gasteiger partial charge in [-0.2, -0.15) is 0 Å². The van der Waals surface area contributed by atoms with Crippen LogP contribution in [0.5, 0.6) is 0 Å². The van der Waals surface area contributed by atoms with Crippen molar-refractivity contribution >= 4 is 17.9 Å². The lowest BCUT2D eigenvalue weighted by Crippen LogP contribution is -2.30. The predicted octanol–water partition coefficient (Wildman–Crippen LogP) is 25.3. The van der Waals surface area contributed by atoms with Crippen molar-refractivity contribution in [3.05, 3.63) is 48.6 Å². The maximum absolute atomic E-state index is 12.9. The van der Waals surface area contributed by atoms with Crippen molar-refractivity contribution in [2.24, 2.45) is 0 Å². The fraction of sp³-hybridized carbons (Fsp3) is 0.855. The van der Waals surface area contributed by atoms with Gasteiger partial charge in [0.25, 0.3) is 0 Å². The lowest BCUT2D eigenvalue weighted by molar-refractivity contribution is -0.167. The number of hydrogen-bond acceptors (Lipinski definition) is 6. The van der Waals surface area contributed by atoms with Crippen LogP contribution in [-0.4, -0.2) is 37.2 Å². The highest BCUT2D eigenvalue weighted by molar-refractivity contribution is 5.71. The largest absolute Gasteiger partial charge is 0.462 e. The molecule has 480 valence electrons. The van der Waals surface area contributed by atoms with E-state index in [1.165, 1.54) is 283 Å². The summed E-state index contributed by atoms with van der Waals surface area (Å²) in [5, 5.41) is 0. The third kappa shape index (κ3) is 68.2. The molecule has 0 radical (unpaired) electrons. The molecule has 1 atom stereocenters. The van der Waals surface area contributed by atoms with E-state index in [1.54, 1.807) is 0 Å². The third-order valence-corrected chi connectivity index (χ3v) is 16.6. The van der Waals surface area contributed by atoms with E-state index >= 15 is 0 Å². The first kappa shape index (κ1) is 79.4. The normalized spacial score (nSPS) is 12.3. The highest BCUT2D eigenvalue weighted by Gasteiger charge is 2.19. The summed E-state index contributed by atoms with van der Waals surface area (Å²) in [6, 6.07) is 0. The number of ether oxygens (including phenoxy) is 3. The van der Waals surface area contributed by atoms with E-state index in [0.29, 0.717) is 19.3 Å². The molecule has 0 amide bonds. The van der Waals surface area contributed by atoms with Gasteiger partial charge in [0.05, 0.1) is 0 Å². The van der Waals surface area contributed by atoms with Crippen molar-refractivity contribution in [1.29, 1.82) is 0 Å². The first-order chi connectivity index (χ1) is 40.5. The Labute approximate surface area is 511 Å². The molecule has 0 bridgehead atoms. The summed E-state index contributed by atoms with van der Waals surface area (Å²) in [6.07, 6.45) is 90.2. The van der Waals surface area contributed by atoms with Gasteiger partial charge < -0.3 is 14.2 Å². The van der Waals surface area contributed by atoms with Crippen LogP contribution in [0.3, 0.4) is 0 Å². The molecule has 0 aliphatic heterocycles. The van der Waals surface area contributed by atoms with Gasteiger partial charge in [-0.1, -0.05) is 345 Å². The van der Waals surface area contributed by atoms with E-state index in [9.17, 15) is 14.4 Å². The van der Waals surface area contributed by atoms with Gasteiger partial charge in [0.2, 0.25) is 0 Å². The molecule has 0 spiro atoms. The molecule has 0 N–H and O–H groups in total. The Kier molecular flexibility index (Phi) is 68.6. The zero-order valence-corrected chi connectivity index (χ0v) is 55.3. The molecule has 0 saturated heterocycles. The molecular weight excluding hydrogens is 1010 g/mol. The second kappa shape index (κ2) is 70.9. The molecule has 0 fully saturated rings. The van der Waals surface area contributed by atoms with E-state index in [4.69, 9.17) is 14.2 Å². The molecule has 0 rings (SSSR count). The molecule has 0 saturated carbocycles. The smallest absolute Gasteiger partial charge is 0.306 e. The zero-order valence-electron chi connectivity index (χ0n) is 55.3.